The second-order valence-electron chi connectivity index (χ2n) is 4.78. The average molecular weight is 301 g/mol. The Bertz CT molecular complexity index is 511. The molecule has 4 nitrogen and oxygen atoms in total. The number of halogens is 2. The summed E-state index contributed by atoms with van der Waals surface area (Å²) in [4.78, 5) is 25.5. The summed E-state index contributed by atoms with van der Waals surface area (Å²) >= 11 is 12.2. The number of piperazine rings is 1. The van der Waals surface area contributed by atoms with Crippen LogP contribution in [-0.4, -0.2) is 24.4 Å². The zero-order valence-electron chi connectivity index (χ0n) is 10.6. The molecule has 1 aromatic carbocycles. The molecule has 0 bridgehead atoms. The number of carbonyl (C=O) groups excluding carboxylic acids is 2. The zero-order chi connectivity index (χ0) is 14.2. The molecule has 1 saturated heterocycles. The number of hydrogen-bond donors (Lipinski definition) is 1. The fourth-order valence-corrected chi connectivity index (χ4v) is 2.66. The first-order valence-corrected chi connectivity index (χ1v) is 6.72. The molecule has 19 heavy (non-hydrogen) atoms. The molecular weight excluding hydrogens is 287 g/mol. The molecule has 1 aliphatic heterocycles. The molecule has 0 spiro atoms. The van der Waals surface area contributed by atoms with Gasteiger partial charge in [-0.2, -0.15) is 0 Å². The summed E-state index contributed by atoms with van der Waals surface area (Å²) in [6.45, 7) is 3.69. The summed E-state index contributed by atoms with van der Waals surface area (Å²) in [6, 6.07) is 4.44. The molecule has 1 heterocycles. The third-order valence-electron chi connectivity index (χ3n) is 3.02. The van der Waals surface area contributed by atoms with Crippen LogP contribution in [0.25, 0.3) is 0 Å². The van der Waals surface area contributed by atoms with Crippen LogP contribution in [0.1, 0.15) is 13.8 Å². The smallest absolute Gasteiger partial charge is 0.250 e. The molecule has 0 aromatic heterocycles. The average Bonchev–Trinajstić information content (AvgIpc) is 2.32. The molecule has 0 saturated carbocycles. The number of para-hydroxylation sites is 1. The number of hydrogen-bond acceptors (Lipinski definition) is 2. The van der Waals surface area contributed by atoms with Gasteiger partial charge >= 0.3 is 0 Å². The Kier molecular flexibility index (Phi) is 4.02. The lowest BCUT2D eigenvalue weighted by molar-refractivity contribution is -0.132. The van der Waals surface area contributed by atoms with E-state index in [4.69, 9.17) is 23.2 Å². The SMILES string of the molecule is CC(C)C1NC(=O)CN(c2c(Cl)cccc2Cl)C1=O. The van der Waals surface area contributed by atoms with Gasteiger partial charge in [-0.15, -0.1) is 0 Å². The summed E-state index contributed by atoms with van der Waals surface area (Å²) in [6.07, 6.45) is 0. The Hall–Kier alpha value is -1.26. The first-order chi connectivity index (χ1) is 8.91. The number of nitrogens with zero attached hydrogens (tertiary/aromatic N) is 1. The van der Waals surface area contributed by atoms with Crippen molar-refractivity contribution in [3.63, 3.8) is 0 Å². The molecule has 1 aromatic rings. The Balaban J connectivity index is 2.43. The van der Waals surface area contributed by atoms with Crippen molar-refractivity contribution in [3.05, 3.63) is 28.2 Å². The van der Waals surface area contributed by atoms with Crippen molar-refractivity contribution in [2.75, 3.05) is 11.4 Å². The van der Waals surface area contributed by atoms with Crippen molar-refractivity contribution in [3.8, 4) is 0 Å². The molecule has 1 atom stereocenters. The third-order valence-corrected chi connectivity index (χ3v) is 3.63. The topological polar surface area (TPSA) is 49.4 Å². The molecule has 6 heteroatoms. The highest BCUT2D eigenvalue weighted by atomic mass is 35.5. The lowest BCUT2D eigenvalue weighted by Crippen LogP contribution is -2.60. The monoisotopic (exact) mass is 300 g/mol. The summed E-state index contributed by atoms with van der Waals surface area (Å²) in [5.74, 6) is -0.403. The molecule has 1 unspecified atom stereocenters. The Morgan fingerprint density at radius 3 is 2.37 bits per heavy atom. The molecule has 2 rings (SSSR count). The van der Waals surface area contributed by atoms with Gasteiger partial charge in [0.25, 0.3) is 0 Å². The number of rotatable bonds is 2. The van der Waals surface area contributed by atoms with Crippen LogP contribution in [0.2, 0.25) is 10.0 Å². The van der Waals surface area contributed by atoms with E-state index in [0.29, 0.717) is 15.7 Å². The second-order valence-corrected chi connectivity index (χ2v) is 5.60. The molecule has 2 amide bonds. The molecule has 1 N–H and O–H groups in total. The van der Waals surface area contributed by atoms with E-state index in [0.717, 1.165) is 0 Å². The van der Waals surface area contributed by atoms with E-state index in [9.17, 15) is 9.59 Å². The first-order valence-electron chi connectivity index (χ1n) is 5.96. The van der Waals surface area contributed by atoms with E-state index in [1.54, 1.807) is 18.2 Å². The molecule has 102 valence electrons. The Labute approximate surface area is 121 Å². The van der Waals surface area contributed by atoms with Crippen LogP contribution < -0.4 is 10.2 Å². The minimum Gasteiger partial charge on any atom is -0.342 e. The van der Waals surface area contributed by atoms with Gasteiger partial charge in [0.05, 0.1) is 15.7 Å². The number of benzene rings is 1. The van der Waals surface area contributed by atoms with Crippen molar-refractivity contribution in [2.24, 2.45) is 5.92 Å². The first kappa shape index (κ1) is 14.2. The fraction of sp³-hybridized carbons (Fsp3) is 0.385. The maximum atomic E-state index is 12.4. The van der Waals surface area contributed by atoms with Crippen LogP contribution in [0, 0.1) is 5.92 Å². The van der Waals surface area contributed by atoms with E-state index in [1.165, 1.54) is 4.90 Å². The van der Waals surface area contributed by atoms with Gasteiger partial charge in [0.1, 0.15) is 12.6 Å². The van der Waals surface area contributed by atoms with Crippen LogP contribution in [0.5, 0.6) is 0 Å². The standard InChI is InChI=1S/C13H14Cl2N2O2/c1-7(2)11-13(19)17(6-10(18)16-11)12-8(14)4-3-5-9(12)15/h3-5,7,11H,6H2,1-2H3,(H,16,18). The quantitative estimate of drug-likeness (QED) is 0.912. The summed E-state index contributed by atoms with van der Waals surface area (Å²) in [5, 5.41) is 3.41. The molecule has 1 fully saturated rings. The van der Waals surface area contributed by atoms with Crippen LogP contribution in [0.15, 0.2) is 18.2 Å². The van der Waals surface area contributed by atoms with Gasteiger partial charge in [-0.3, -0.25) is 14.5 Å². The van der Waals surface area contributed by atoms with Crippen LogP contribution in [-0.2, 0) is 9.59 Å². The van der Waals surface area contributed by atoms with Crippen molar-refractivity contribution >= 4 is 40.7 Å². The lowest BCUT2D eigenvalue weighted by atomic mass is 10.0. The van der Waals surface area contributed by atoms with E-state index in [1.807, 2.05) is 13.8 Å². The second kappa shape index (κ2) is 5.39. The summed E-state index contributed by atoms with van der Waals surface area (Å²) < 4.78 is 0. The maximum absolute atomic E-state index is 12.4. The van der Waals surface area contributed by atoms with Gasteiger partial charge in [-0.05, 0) is 18.1 Å². The maximum Gasteiger partial charge on any atom is 0.250 e. The Morgan fingerprint density at radius 1 is 1.26 bits per heavy atom. The lowest BCUT2D eigenvalue weighted by Gasteiger charge is -2.35. The van der Waals surface area contributed by atoms with E-state index in [-0.39, 0.29) is 24.3 Å². The number of carbonyl (C=O) groups is 2. The van der Waals surface area contributed by atoms with Crippen molar-refractivity contribution < 1.29 is 9.59 Å². The van der Waals surface area contributed by atoms with Gasteiger partial charge in [0, 0.05) is 0 Å². The number of amides is 2. The molecule has 0 aliphatic carbocycles. The number of anilines is 1. The van der Waals surface area contributed by atoms with Crippen molar-refractivity contribution in [1.82, 2.24) is 5.32 Å². The van der Waals surface area contributed by atoms with Crippen molar-refractivity contribution in [1.29, 1.82) is 0 Å². The zero-order valence-corrected chi connectivity index (χ0v) is 12.1. The minimum atomic E-state index is -0.548. The van der Waals surface area contributed by atoms with E-state index >= 15 is 0 Å². The number of nitrogens with one attached hydrogen (secondary N) is 1. The highest BCUT2D eigenvalue weighted by Gasteiger charge is 2.36. The predicted octanol–water partition coefficient (Wildman–Crippen LogP) is 2.48. The van der Waals surface area contributed by atoms with Gasteiger partial charge in [-0.1, -0.05) is 43.1 Å². The highest BCUT2D eigenvalue weighted by Crippen LogP contribution is 2.34. The van der Waals surface area contributed by atoms with Crippen LogP contribution >= 0.6 is 23.2 Å². The normalized spacial score (nSPS) is 19.8. The Morgan fingerprint density at radius 2 is 1.84 bits per heavy atom. The largest absolute Gasteiger partial charge is 0.342 e. The molecule has 0 radical (unpaired) electrons. The third kappa shape index (κ3) is 2.69. The van der Waals surface area contributed by atoms with E-state index in [2.05, 4.69) is 5.32 Å². The summed E-state index contributed by atoms with van der Waals surface area (Å²) in [7, 11) is 0. The minimum absolute atomic E-state index is 0.000475. The van der Waals surface area contributed by atoms with Crippen LogP contribution in [0.4, 0.5) is 5.69 Å². The summed E-state index contributed by atoms with van der Waals surface area (Å²) in [5.41, 5.74) is 0.399. The van der Waals surface area contributed by atoms with Gasteiger partial charge in [0.2, 0.25) is 11.8 Å². The fourth-order valence-electron chi connectivity index (χ4n) is 2.06. The van der Waals surface area contributed by atoms with Crippen LogP contribution in [0.3, 0.4) is 0 Å². The van der Waals surface area contributed by atoms with Crippen molar-refractivity contribution in [2.45, 2.75) is 19.9 Å². The van der Waals surface area contributed by atoms with E-state index < -0.39 is 6.04 Å². The molecule has 1 aliphatic rings. The van der Waals surface area contributed by atoms with Gasteiger partial charge in [-0.25, -0.2) is 0 Å². The predicted molar refractivity (Wildman–Crippen MR) is 75.6 cm³/mol. The highest BCUT2D eigenvalue weighted by molar-refractivity contribution is 6.40. The van der Waals surface area contributed by atoms with Gasteiger partial charge in [0.15, 0.2) is 0 Å². The molecular formula is C13H14Cl2N2O2. The van der Waals surface area contributed by atoms with Gasteiger partial charge < -0.3 is 5.32 Å².